The number of anilines is 1. The van der Waals surface area contributed by atoms with Crippen molar-refractivity contribution in [3.8, 4) is 0 Å². The van der Waals surface area contributed by atoms with E-state index in [9.17, 15) is 4.79 Å². The van der Waals surface area contributed by atoms with Crippen LogP contribution in [-0.4, -0.2) is 51.4 Å². The molecule has 0 unspecified atom stereocenters. The highest BCUT2D eigenvalue weighted by Crippen LogP contribution is 2.21. The van der Waals surface area contributed by atoms with Crippen molar-refractivity contribution >= 4 is 17.2 Å². The maximum absolute atomic E-state index is 13.3. The van der Waals surface area contributed by atoms with Gasteiger partial charge in [-0.25, -0.2) is 4.98 Å². The molecule has 140 valence electrons. The van der Waals surface area contributed by atoms with Crippen LogP contribution in [0.4, 0.5) is 5.69 Å². The van der Waals surface area contributed by atoms with Gasteiger partial charge in [-0.1, -0.05) is 6.07 Å². The molecule has 4 heterocycles. The Kier molecular flexibility index (Phi) is 4.56. The first kappa shape index (κ1) is 17.5. The summed E-state index contributed by atoms with van der Waals surface area (Å²) in [5.74, 6) is 0.0684. The van der Waals surface area contributed by atoms with Gasteiger partial charge in [0.2, 0.25) is 0 Å². The Bertz CT molecular complexity index is 993. The molecule has 6 heteroatoms. The maximum atomic E-state index is 13.3. The molecule has 0 aromatic carbocycles. The van der Waals surface area contributed by atoms with Crippen molar-refractivity contribution in [3.63, 3.8) is 0 Å². The van der Waals surface area contributed by atoms with Gasteiger partial charge < -0.3 is 9.80 Å². The van der Waals surface area contributed by atoms with E-state index in [1.54, 1.807) is 0 Å². The Hall–Kier alpha value is -2.89. The third-order valence-corrected chi connectivity index (χ3v) is 5.26. The first-order valence-corrected chi connectivity index (χ1v) is 9.45. The molecule has 0 atom stereocenters. The van der Waals surface area contributed by atoms with Crippen molar-refractivity contribution in [2.45, 2.75) is 27.2 Å². The molecule has 0 spiro atoms. The van der Waals surface area contributed by atoms with E-state index in [0.29, 0.717) is 12.2 Å². The Morgan fingerprint density at radius 2 is 1.89 bits per heavy atom. The number of pyridine rings is 2. The fraction of sp³-hybridized carbons (Fsp3) is 0.381. The van der Waals surface area contributed by atoms with Crippen molar-refractivity contribution in [2.24, 2.45) is 0 Å². The maximum Gasteiger partial charge on any atom is 0.272 e. The van der Waals surface area contributed by atoms with Crippen LogP contribution in [0.25, 0.3) is 5.65 Å². The van der Waals surface area contributed by atoms with Crippen LogP contribution in [0.1, 0.15) is 33.7 Å². The number of carbonyl (C=O) groups is 1. The van der Waals surface area contributed by atoms with E-state index in [4.69, 9.17) is 0 Å². The predicted molar refractivity (Wildman–Crippen MR) is 106 cm³/mol. The molecular weight excluding hydrogens is 338 g/mol. The lowest BCUT2D eigenvalue weighted by Crippen LogP contribution is -2.36. The molecule has 0 N–H and O–H groups in total. The number of carbonyl (C=O) groups excluding carboxylic acids is 1. The summed E-state index contributed by atoms with van der Waals surface area (Å²) in [5.41, 5.74) is 5.79. The van der Waals surface area contributed by atoms with Crippen LogP contribution in [0, 0.1) is 20.8 Å². The van der Waals surface area contributed by atoms with Crippen molar-refractivity contribution in [3.05, 3.63) is 59.3 Å². The van der Waals surface area contributed by atoms with E-state index in [1.165, 1.54) is 11.3 Å². The molecule has 1 aliphatic rings. The first-order valence-electron chi connectivity index (χ1n) is 9.45. The summed E-state index contributed by atoms with van der Waals surface area (Å²) in [6.07, 6.45) is 6.67. The average molecular weight is 363 g/mol. The van der Waals surface area contributed by atoms with Gasteiger partial charge in [0.1, 0.15) is 11.3 Å². The van der Waals surface area contributed by atoms with Gasteiger partial charge in [-0.3, -0.25) is 14.2 Å². The number of rotatable bonds is 2. The summed E-state index contributed by atoms with van der Waals surface area (Å²) < 4.78 is 1.93. The minimum atomic E-state index is 0.0684. The van der Waals surface area contributed by atoms with Crippen molar-refractivity contribution in [2.75, 3.05) is 31.1 Å². The summed E-state index contributed by atoms with van der Waals surface area (Å²) in [6, 6.07) is 6.05. The molecule has 1 amide bonds. The number of fused-ring (bicyclic) bond motifs is 1. The number of hydrogen-bond donors (Lipinski definition) is 0. The van der Waals surface area contributed by atoms with Gasteiger partial charge in [-0.05, 0) is 50.5 Å². The fourth-order valence-corrected chi connectivity index (χ4v) is 3.86. The smallest absolute Gasteiger partial charge is 0.272 e. The highest BCUT2D eigenvalue weighted by Gasteiger charge is 2.25. The van der Waals surface area contributed by atoms with Gasteiger partial charge in [0, 0.05) is 50.5 Å². The monoisotopic (exact) mass is 363 g/mol. The molecular formula is C21H25N5O. The van der Waals surface area contributed by atoms with Gasteiger partial charge in [0.25, 0.3) is 5.91 Å². The van der Waals surface area contributed by atoms with Crippen molar-refractivity contribution < 1.29 is 4.79 Å². The van der Waals surface area contributed by atoms with Crippen LogP contribution in [-0.2, 0) is 0 Å². The Labute approximate surface area is 159 Å². The molecule has 1 aliphatic heterocycles. The molecule has 3 aromatic heterocycles. The molecule has 6 nitrogen and oxygen atoms in total. The van der Waals surface area contributed by atoms with E-state index >= 15 is 0 Å². The summed E-state index contributed by atoms with van der Waals surface area (Å²) in [6.45, 7) is 9.27. The Morgan fingerprint density at radius 1 is 1.04 bits per heavy atom. The third kappa shape index (κ3) is 3.27. The van der Waals surface area contributed by atoms with Gasteiger partial charge >= 0.3 is 0 Å². The van der Waals surface area contributed by atoms with Crippen LogP contribution >= 0.6 is 0 Å². The second kappa shape index (κ2) is 7.02. The standard InChI is InChI=1S/C21H25N5O/c1-15-5-6-19-23-17(3)20(26(19)14-15)21(27)25-10-4-9-24(11-12-25)18-7-8-22-13-16(18)2/h5-8,13-14H,4,9-12H2,1-3H3. The predicted octanol–water partition coefficient (Wildman–Crippen LogP) is 3.01. The normalized spacial score (nSPS) is 15.2. The lowest BCUT2D eigenvalue weighted by Gasteiger charge is -2.25. The second-order valence-electron chi connectivity index (χ2n) is 7.28. The number of imidazole rings is 1. The van der Waals surface area contributed by atoms with Crippen LogP contribution in [0.5, 0.6) is 0 Å². The number of nitrogens with zero attached hydrogens (tertiary/aromatic N) is 5. The lowest BCUT2D eigenvalue weighted by atomic mass is 10.2. The summed E-state index contributed by atoms with van der Waals surface area (Å²) in [5, 5.41) is 0. The third-order valence-electron chi connectivity index (χ3n) is 5.26. The van der Waals surface area contributed by atoms with Gasteiger partial charge in [-0.15, -0.1) is 0 Å². The Balaban J connectivity index is 1.58. The Morgan fingerprint density at radius 3 is 2.70 bits per heavy atom. The van der Waals surface area contributed by atoms with Crippen LogP contribution in [0.15, 0.2) is 36.8 Å². The average Bonchev–Trinajstić information content (AvgIpc) is 2.82. The van der Waals surface area contributed by atoms with Gasteiger partial charge in [0.05, 0.1) is 5.69 Å². The molecule has 0 radical (unpaired) electrons. The molecule has 1 fully saturated rings. The van der Waals surface area contributed by atoms with Gasteiger partial charge in [0.15, 0.2) is 0 Å². The number of amides is 1. The highest BCUT2D eigenvalue weighted by atomic mass is 16.2. The lowest BCUT2D eigenvalue weighted by molar-refractivity contribution is 0.0759. The zero-order chi connectivity index (χ0) is 19.0. The molecule has 3 aromatic rings. The minimum Gasteiger partial charge on any atom is -0.369 e. The summed E-state index contributed by atoms with van der Waals surface area (Å²) in [4.78, 5) is 26.4. The molecule has 0 bridgehead atoms. The molecule has 4 rings (SSSR count). The zero-order valence-corrected chi connectivity index (χ0v) is 16.1. The summed E-state index contributed by atoms with van der Waals surface area (Å²) in [7, 11) is 0. The minimum absolute atomic E-state index is 0.0684. The van der Waals surface area contributed by atoms with Gasteiger partial charge in [-0.2, -0.15) is 0 Å². The van der Waals surface area contributed by atoms with E-state index in [1.807, 2.05) is 53.9 Å². The molecule has 27 heavy (non-hydrogen) atoms. The summed E-state index contributed by atoms with van der Waals surface area (Å²) >= 11 is 0. The molecule has 1 saturated heterocycles. The van der Waals surface area contributed by atoms with Crippen molar-refractivity contribution in [1.29, 1.82) is 0 Å². The van der Waals surface area contributed by atoms with E-state index < -0.39 is 0 Å². The highest BCUT2D eigenvalue weighted by molar-refractivity contribution is 5.94. The zero-order valence-electron chi connectivity index (χ0n) is 16.1. The van der Waals surface area contributed by atoms with E-state index in [2.05, 4.69) is 27.9 Å². The second-order valence-corrected chi connectivity index (χ2v) is 7.28. The van der Waals surface area contributed by atoms with Crippen LogP contribution in [0.3, 0.4) is 0 Å². The van der Waals surface area contributed by atoms with Crippen LogP contribution in [0.2, 0.25) is 0 Å². The quantitative estimate of drug-likeness (QED) is 0.702. The van der Waals surface area contributed by atoms with E-state index in [0.717, 1.165) is 43.0 Å². The van der Waals surface area contributed by atoms with Crippen LogP contribution < -0.4 is 4.90 Å². The fourth-order valence-electron chi connectivity index (χ4n) is 3.86. The topological polar surface area (TPSA) is 53.7 Å². The first-order chi connectivity index (χ1) is 13.0. The largest absolute Gasteiger partial charge is 0.369 e. The molecule has 0 saturated carbocycles. The molecule has 0 aliphatic carbocycles. The number of aryl methyl sites for hydroxylation is 3. The van der Waals surface area contributed by atoms with Crippen molar-refractivity contribution in [1.82, 2.24) is 19.3 Å². The van der Waals surface area contributed by atoms with E-state index in [-0.39, 0.29) is 5.91 Å². The SMILES string of the molecule is Cc1ccc2nc(C)c(C(=O)N3CCCN(c4ccncc4C)CC3)n2c1. The number of aromatic nitrogens is 3. The number of hydrogen-bond acceptors (Lipinski definition) is 4.